The van der Waals surface area contributed by atoms with E-state index in [1.807, 2.05) is 81.0 Å². The van der Waals surface area contributed by atoms with Gasteiger partial charge in [0.2, 0.25) is 5.95 Å². The van der Waals surface area contributed by atoms with Crippen molar-refractivity contribution in [1.82, 2.24) is 19.9 Å². The summed E-state index contributed by atoms with van der Waals surface area (Å²) in [6.07, 6.45) is 8.01. The second-order valence-electron chi connectivity index (χ2n) is 6.90. The molecule has 0 N–H and O–H groups in total. The summed E-state index contributed by atoms with van der Waals surface area (Å²) in [5.74, 6) is 0.471. The number of benzene rings is 1. The molecular weight excluding hydrogens is 358 g/mol. The molecule has 0 atom stereocenters. The molecule has 4 aromatic rings. The molecule has 0 saturated carbocycles. The second kappa shape index (κ2) is 8.52. The van der Waals surface area contributed by atoms with Crippen molar-refractivity contribution in [3.05, 3.63) is 90.6 Å². The lowest BCUT2D eigenvalue weighted by molar-refractivity contribution is 1.12. The maximum Gasteiger partial charge on any atom is 0.249 e. The second-order valence-corrected chi connectivity index (χ2v) is 6.90. The van der Waals surface area contributed by atoms with Gasteiger partial charge >= 0.3 is 0 Å². The molecule has 4 rings (SSSR count). The first-order chi connectivity index (χ1) is 14.2. The Kier molecular flexibility index (Phi) is 5.47. The van der Waals surface area contributed by atoms with Crippen molar-refractivity contribution in [2.75, 3.05) is 0 Å². The third-order valence-corrected chi connectivity index (χ3v) is 4.51. The number of pyridine rings is 2. The van der Waals surface area contributed by atoms with Gasteiger partial charge in [0.05, 0.1) is 5.69 Å². The Morgan fingerprint density at radius 2 is 1.59 bits per heavy atom. The van der Waals surface area contributed by atoms with Crippen molar-refractivity contribution in [1.29, 1.82) is 0 Å². The Hall–Kier alpha value is -3.73. The van der Waals surface area contributed by atoms with Gasteiger partial charge in [-0.05, 0) is 43.2 Å². The fourth-order valence-corrected chi connectivity index (χ4v) is 3.07. The first kappa shape index (κ1) is 18.6. The topological polar surface area (TPSA) is 63.9 Å². The predicted molar refractivity (Wildman–Crippen MR) is 116 cm³/mol. The molecule has 0 spiro atoms. The highest BCUT2D eigenvalue weighted by molar-refractivity contribution is 5.86. The molecule has 0 aliphatic heterocycles. The van der Waals surface area contributed by atoms with Gasteiger partial charge in [0.1, 0.15) is 0 Å². The highest BCUT2D eigenvalue weighted by Gasteiger charge is 2.04. The summed E-state index contributed by atoms with van der Waals surface area (Å²) < 4.78 is 0. The van der Waals surface area contributed by atoms with Crippen LogP contribution in [0.4, 0.5) is 5.95 Å². The summed E-state index contributed by atoms with van der Waals surface area (Å²) in [5, 5.41) is 0. The van der Waals surface area contributed by atoms with Crippen molar-refractivity contribution in [2.24, 2.45) is 4.99 Å². The van der Waals surface area contributed by atoms with Gasteiger partial charge in [-0.2, -0.15) is 0 Å². The fraction of sp³-hybridized carbons (Fsp3) is 0.125. The van der Waals surface area contributed by atoms with Gasteiger partial charge in [0, 0.05) is 53.7 Å². The Morgan fingerprint density at radius 3 is 2.28 bits per heavy atom. The Balaban J connectivity index is 1.45. The van der Waals surface area contributed by atoms with E-state index in [0.29, 0.717) is 12.4 Å². The molecular formula is C24H21N5. The fourth-order valence-electron chi connectivity index (χ4n) is 3.07. The highest BCUT2D eigenvalue weighted by Crippen LogP contribution is 2.19. The summed E-state index contributed by atoms with van der Waals surface area (Å²) in [6.45, 7) is 3.96. The van der Waals surface area contributed by atoms with Crippen LogP contribution in [0.5, 0.6) is 0 Å². The van der Waals surface area contributed by atoms with Crippen LogP contribution in [0.15, 0.2) is 84.4 Å². The summed E-state index contributed by atoms with van der Waals surface area (Å²) in [5.41, 5.74) is 7.10. The van der Waals surface area contributed by atoms with Crippen molar-refractivity contribution < 1.29 is 0 Å². The van der Waals surface area contributed by atoms with Crippen LogP contribution in [0, 0.1) is 6.92 Å². The van der Waals surface area contributed by atoms with Crippen LogP contribution in [-0.2, 0) is 6.42 Å². The first-order valence-electron chi connectivity index (χ1n) is 9.47. The molecule has 0 unspecified atom stereocenters. The number of hydrogen-bond donors (Lipinski definition) is 0. The highest BCUT2D eigenvalue weighted by atomic mass is 15.0. The molecule has 5 heteroatoms. The van der Waals surface area contributed by atoms with Gasteiger partial charge in [0.15, 0.2) is 0 Å². The Morgan fingerprint density at radius 1 is 0.793 bits per heavy atom. The average molecular weight is 379 g/mol. The van der Waals surface area contributed by atoms with E-state index in [2.05, 4.69) is 31.0 Å². The molecule has 0 saturated heterocycles. The molecule has 0 radical (unpaired) electrons. The zero-order chi connectivity index (χ0) is 20.1. The summed E-state index contributed by atoms with van der Waals surface area (Å²) in [4.78, 5) is 22.1. The van der Waals surface area contributed by atoms with E-state index in [4.69, 9.17) is 0 Å². The van der Waals surface area contributed by atoms with Gasteiger partial charge in [-0.1, -0.05) is 36.4 Å². The molecule has 0 aliphatic carbocycles. The first-order valence-corrected chi connectivity index (χ1v) is 9.47. The van der Waals surface area contributed by atoms with E-state index in [1.54, 1.807) is 6.20 Å². The minimum absolute atomic E-state index is 0.471. The number of nitrogens with zero attached hydrogens (tertiary/aromatic N) is 5. The SMILES string of the molecule is CC(Cc1ccc(-c2ccnc(C)c2)nc1)=Nc1ncc(-c2ccccc2)cn1. The zero-order valence-electron chi connectivity index (χ0n) is 16.4. The molecule has 0 bridgehead atoms. The van der Waals surface area contributed by atoms with E-state index < -0.39 is 0 Å². The van der Waals surface area contributed by atoms with E-state index in [1.165, 1.54) is 0 Å². The molecule has 3 aromatic heterocycles. The summed E-state index contributed by atoms with van der Waals surface area (Å²) in [7, 11) is 0. The zero-order valence-corrected chi connectivity index (χ0v) is 16.4. The van der Waals surface area contributed by atoms with E-state index >= 15 is 0 Å². The van der Waals surface area contributed by atoms with Crippen LogP contribution in [0.3, 0.4) is 0 Å². The summed E-state index contributed by atoms with van der Waals surface area (Å²) in [6, 6.07) is 18.2. The van der Waals surface area contributed by atoms with Gasteiger partial charge in [0.25, 0.3) is 0 Å². The maximum atomic E-state index is 4.58. The van der Waals surface area contributed by atoms with E-state index in [-0.39, 0.29) is 0 Å². The predicted octanol–water partition coefficient (Wildman–Crippen LogP) is 5.24. The quantitative estimate of drug-likeness (QED) is 0.445. The third-order valence-electron chi connectivity index (χ3n) is 4.51. The minimum atomic E-state index is 0.471. The van der Waals surface area contributed by atoms with Gasteiger partial charge in [-0.15, -0.1) is 0 Å². The van der Waals surface area contributed by atoms with E-state index in [9.17, 15) is 0 Å². The lowest BCUT2D eigenvalue weighted by Crippen LogP contribution is -1.99. The molecule has 0 amide bonds. The lowest BCUT2D eigenvalue weighted by Gasteiger charge is -2.05. The normalized spacial score (nSPS) is 11.4. The molecule has 0 aliphatic rings. The number of rotatable bonds is 5. The third kappa shape index (κ3) is 4.76. The summed E-state index contributed by atoms with van der Waals surface area (Å²) >= 11 is 0. The number of hydrogen-bond acceptors (Lipinski definition) is 5. The monoisotopic (exact) mass is 379 g/mol. The van der Waals surface area contributed by atoms with Crippen LogP contribution >= 0.6 is 0 Å². The molecule has 29 heavy (non-hydrogen) atoms. The lowest BCUT2D eigenvalue weighted by atomic mass is 10.1. The van der Waals surface area contributed by atoms with Gasteiger partial charge in [-0.25, -0.2) is 15.0 Å². The van der Waals surface area contributed by atoms with Crippen LogP contribution in [0.2, 0.25) is 0 Å². The van der Waals surface area contributed by atoms with Crippen LogP contribution in [0.25, 0.3) is 22.4 Å². The van der Waals surface area contributed by atoms with Crippen LogP contribution in [-0.4, -0.2) is 25.6 Å². The molecule has 0 fully saturated rings. The van der Waals surface area contributed by atoms with Crippen molar-refractivity contribution in [3.63, 3.8) is 0 Å². The Labute approximate surface area is 170 Å². The van der Waals surface area contributed by atoms with Crippen molar-refractivity contribution in [3.8, 4) is 22.4 Å². The number of aryl methyl sites for hydroxylation is 1. The number of aliphatic imine (C=N–C) groups is 1. The van der Waals surface area contributed by atoms with Gasteiger partial charge in [-0.3, -0.25) is 9.97 Å². The van der Waals surface area contributed by atoms with Crippen molar-refractivity contribution in [2.45, 2.75) is 20.3 Å². The van der Waals surface area contributed by atoms with Crippen molar-refractivity contribution >= 4 is 11.7 Å². The molecule has 5 nitrogen and oxygen atoms in total. The number of aromatic nitrogens is 4. The average Bonchev–Trinajstić information content (AvgIpc) is 2.75. The standard InChI is InChI=1S/C24H21N5/c1-17-13-21(10-11-25-17)23-9-8-19(14-26-23)12-18(2)29-24-27-15-22(16-28-24)20-6-4-3-5-7-20/h3-11,13-16H,12H2,1-2H3. The molecule has 142 valence electrons. The smallest absolute Gasteiger partial charge is 0.249 e. The molecule has 3 heterocycles. The van der Waals surface area contributed by atoms with E-state index in [0.717, 1.165) is 39.4 Å². The van der Waals surface area contributed by atoms with Crippen LogP contribution < -0.4 is 0 Å². The largest absolute Gasteiger partial charge is 0.262 e. The maximum absolute atomic E-state index is 4.58. The van der Waals surface area contributed by atoms with Gasteiger partial charge < -0.3 is 0 Å². The minimum Gasteiger partial charge on any atom is -0.262 e. The Bertz CT molecular complexity index is 1120. The molecule has 1 aromatic carbocycles. The van der Waals surface area contributed by atoms with Crippen LogP contribution in [0.1, 0.15) is 18.2 Å².